The molecule has 1 aliphatic heterocycles. The Kier molecular flexibility index (Phi) is 8.11. The molecule has 0 saturated carbocycles. The Morgan fingerprint density at radius 1 is 1.07 bits per heavy atom. The van der Waals surface area contributed by atoms with E-state index in [0.717, 1.165) is 27.8 Å². The van der Waals surface area contributed by atoms with Crippen LogP contribution < -0.4 is 4.74 Å². The number of aryl methyl sites for hydroxylation is 1. The highest BCUT2D eigenvalue weighted by Gasteiger charge is 2.18. The summed E-state index contributed by atoms with van der Waals surface area (Å²) in [6, 6.07) is 20.3. The predicted molar refractivity (Wildman–Crippen MR) is 162 cm³/mol. The summed E-state index contributed by atoms with van der Waals surface area (Å²) in [6.07, 6.45) is 2.37. The first-order valence-corrected chi connectivity index (χ1v) is 15.8. The lowest BCUT2D eigenvalue weighted by atomic mass is 9.94. The molecule has 1 aromatic heterocycles. The summed E-state index contributed by atoms with van der Waals surface area (Å²) < 4.78 is 30.9. The molecule has 0 amide bonds. The largest absolute Gasteiger partial charge is 0.489 e. The Morgan fingerprint density at radius 2 is 1.88 bits per heavy atom. The minimum absolute atomic E-state index is 0.0333. The number of carboxylic acids is 1. The Bertz CT molecular complexity index is 1770. The van der Waals surface area contributed by atoms with Gasteiger partial charge in [0, 0.05) is 15.6 Å². The van der Waals surface area contributed by atoms with Gasteiger partial charge in [0.05, 0.1) is 23.8 Å². The van der Waals surface area contributed by atoms with E-state index in [1.165, 1.54) is 21.2 Å². The van der Waals surface area contributed by atoms with Gasteiger partial charge in [0.1, 0.15) is 12.4 Å². The second-order valence-electron chi connectivity index (χ2n) is 10.0. The van der Waals surface area contributed by atoms with Gasteiger partial charge in [0.25, 0.3) is 0 Å². The number of aliphatic carboxylic acids is 1. The molecule has 40 heavy (non-hydrogen) atoms. The number of carbonyl (C=O) groups is 1. The number of fused-ring (bicyclic) bond motifs is 1. The maximum absolute atomic E-state index is 11.8. The summed E-state index contributed by atoms with van der Waals surface area (Å²) in [7, 11) is -2.95. The highest BCUT2D eigenvalue weighted by atomic mass is 32.2. The van der Waals surface area contributed by atoms with Crippen LogP contribution in [0.1, 0.15) is 47.9 Å². The van der Waals surface area contributed by atoms with Gasteiger partial charge in [-0.15, -0.1) is 17.3 Å². The van der Waals surface area contributed by atoms with E-state index in [4.69, 9.17) is 4.74 Å². The normalized spacial score (nSPS) is 15.1. The van der Waals surface area contributed by atoms with Gasteiger partial charge in [-0.2, -0.15) is 0 Å². The van der Waals surface area contributed by atoms with E-state index < -0.39 is 15.8 Å². The van der Waals surface area contributed by atoms with Crippen LogP contribution in [-0.4, -0.2) is 31.0 Å². The zero-order valence-corrected chi connectivity index (χ0v) is 24.1. The highest BCUT2D eigenvalue weighted by molar-refractivity contribution is 7.91. The standard InChI is InChI=1S/C33H30O5S2/c1-3-4-26(19-33(34)35)24-6-9-28(10-7-24)38-20-23-5-12-32-30(18-23)31(21-39-32)29-11-8-27(17-22(29)2)25-13-15-40(36,37)16-14-25/h5-13,17-18,21,26H,14-16,19-20H2,1-2H3,(H,34,35)/t26-/m0/s1. The zero-order valence-electron chi connectivity index (χ0n) is 22.4. The van der Waals surface area contributed by atoms with Crippen LogP contribution in [0.15, 0.2) is 72.1 Å². The molecule has 2 heterocycles. The molecule has 0 unspecified atom stereocenters. The second kappa shape index (κ2) is 11.7. The average Bonchev–Trinajstić information content (AvgIpc) is 3.35. The van der Waals surface area contributed by atoms with Crippen LogP contribution in [0, 0.1) is 18.8 Å². The van der Waals surface area contributed by atoms with E-state index in [0.29, 0.717) is 18.8 Å². The Balaban J connectivity index is 1.33. The van der Waals surface area contributed by atoms with Gasteiger partial charge in [-0.05, 0) is 83.3 Å². The Labute approximate surface area is 239 Å². The van der Waals surface area contributed by atoms with Crippen LogP contribution in [0.2, 0.25) is 0 Å². The maximum atomic E-state index is 11.8. The molecule has 5 nitrogen and oxygen atoms in total. The Hall–Kier alpha value is -3.86. The van der Waals surface area contributed by atoms with Crippen molar-refractivity contribution in [2.45, 2.75) is 39.2 Å². The smallest absolute Gasteiger partial charge is 0.304 e. The quantitative estimate of drug-likeness (QED) is 0.226. The van der Waals surface area contributed by atoms with E-state index in [1.807, 2.05) is 30.3 Å². The molecule has 0 saturated heterocycles. The third-order valence-corrected chi connectivity index (χ3v) is 9.64. The number of allylic oxidation sites excluding steroid dienone is 1. The summed E-state index contributed by atoms with van der Waals surface area (Å²) in [5.74, 6) is 5.61. The minimum Gasteiger partial charge on any atom is -0.489 e. The fourth-order valence-electron chi connectivity index (χ4n) is 5.04. The number of carboxylic acid groups (broad SMARTS) is 1. The van der Waals surface area contributed by atoms with Gasteiger partial charge in [0.2, 0.25) is 0 Å². The van der Waals surface area contributed by atoms with Crippen molar-refractivity contribution in [2.24, 2.45) is 0 Å². The first-order valence-electron chi connectivity index (χ1n) is 13.1. The lowest BCUT2D eigenvalue weighted by molar-refractivity contribution is -0.137. The van der Waals surface area contributed by atoms with Crippen molar-refractivity contribution in [3.05, 3.63) is 94.4 Å². The summed E-state index contributed by atoms with van der Waals surface area (Å²) in [4.78, 5) is 11.2. The van der Waals surface area contributed by atoms with Gasteiger partial charge < -0.3 is 9.84 Å². The molecular formula is C33H30O5S2. The fourth-order valence-corrected chi connectivity index (χ4v) is 7.14. The van der Waals surface area contributed by atoms with Crippen LogP contribution >= 0.6 is 11.3 Å². The average molecular weight is 571 g/mol. The predicted octanol–water partition coefficient (Wildman–Crippen LogP) is 7.24. The van der Waals surface area contributed by atoms with Crippen molar-refractivity contribution in [2.75, 3.05) is 11.5 Å². The number of hydrogen-bond acceptors (Lipinski definition) is 5. The number of hydrogen-bond donors (Lipinski definition) is 1. The van der Waals surface area contributed by atoms with Crippen LogP contribution in [0.5, 0.6) is 5.75 Å². The number of thiophene rings is 1. The Morgan fingerprint density at radius 3 is 2.55 bits per heavy atom. The van der Waals surface area contributed by atoms with Crippen LogP contribution in [-0.2, 0) is 21.2 Å². The van der Waals surface area contributed by atoms with Crippen LogP contribution in [0.3, 0.4) is 0 Å². The molecule has 4 aromatic rings. The summed E-state index contributed by atoms with van der Waals surface area (Å²) in [5, 5.41) is 12.5. The van der Waals surface area contributed by atoms with Crippen molar-refractivity contribution >= 4 is 42.8 Å². The van der Waals surface area contributed by atoms with Crippen molar-refractivity contribution in [1.82, 2.24) is 0 Å². The van der Waals surface area contributed by atoms with Crippen molar-refractivity contribution in [1.29, 1.82) is 0 Å². The SMILES string of the molecule is CC#C[C@@H](CC(=O)O)c1ccc(OCc2ccc3scc(-c4ccc(C5=CCS(=O)(=O)CC5)cc4C)c3c2)cc1. The molecule has 5 rings (SSSR count). The van der Waals surface area contributed by atoms with Crippen molar-refractivity contribution in [3.8, 4) is 28.7 Å². The lowest BCUT2D eigenvalue weighted by Gasteiger charge is -2.15. The van der Waals surface area contributed by atoms with Crippen LogP contribution in [0.25, 0.3) is 26.8 Å². The molecule has 204 valence electrons. The first kappa shape index (κ1) is 27.7. The molecule has 1 aliphatic rings. The van der Waals surface area contributed by atoms with Crippen LogP contribution in [0.4, 0.5) is 0 Å². The number of sulfone groups is 1. The lowest BCUT2D eigenvalue weighted by Crippen LogP contribution is -2.14. The van der Waals surface area contributed by atoms with Gasteiger partial charge in [-0.3, -0.25) is 4.79 Å². The van der Waals surface area contributed by atoms with E-state index in [1.54, 1.807) is 18.3 Å². The number of ether oxygens (including phenoxy) is 1. The minimum atomic E-state index is -2.95. The van der Waals surface area contributed by atoms with Gasteiger partial charge in [-0.25, -0.2) is 8.42 Å². The number of rotatable bonds is 8. The van der Waals surface area contributed by atoms with Crippen molar-refractivity contribution < 1.29 is 23.1 Å². The molecule has 0 bridgehead atoms. The monoisotopic (exact) mass is 570 g/mol. The molecule has 7 heteroatoms. The topological polar surface area (TPSA) is 80.7 Å². The summed E-state index contributed by atoms with van der Waals surface area (Å²) in [6.45, 7) is 4.23. The first-order chi connectivity index (χ1) is 19.2. The third-order valence-electron chi connectivity index (χ3n) is 7.18. The molecule has 0 fully saturated rings. The second-order valence-corrected chi connectivity index (χ2v) is 13.1. The van der Waals surface area contributed by atoms with Gasteiger partial charge in [-0.1, -0.05) is 48.4 Å². The van der Waals surface area contributed by atoms with Gasteiger partial charge >= 0.3 is 5.97 Å². The summed E-state index contributed by atoms with van der Waals surface area (Å²) >= 11 is 1.71. The number of benzene rings is 3. The van der Waals surface area contributed by atoms with E-state index in [2.05, 4.69) is 60.5 Å². The van der Waals surface area contributed by atoms with E-state index in [9.17, 15) is 18.3 Å². The molecule has 1 N–H and O–H groups in total. The summed E-state index contributed by atoms with van der Waals surface area (Å²) in [5.41, 5.74) is 7.60. The van der Waals surface area contributed by atoms with E-state index >= 15 is 0 Å². The molecular weight excluding hydrogens is 540 g/mol. The van der Waals surface area contributed by atoms with Crippen molar-refractivity contribution in [3.63, 3.8) is 0 Å². The fraction of sp³-hybridized carbons (Fsp3) is 0.242. The molecule has 3 aromatic carbocycles. The molecule has 1 atom stereocenters. The molecule has 0 spiro atoms. The highest BCUT2D eigenvalue weighted by Crippen LogP contribution is 2.37. The third kappa shape index (κ3) is 6.30. The van der Waals surface area contributed by atoms with E-state index in [-0.39, 0.29) is 23.8 Å². The molecule has 0 aliphatic carbocycles. The maximum Gasteiger partial charge on any atom is 0.304 e. The zero-order chi connectivity index (χ0) is 28.3. The van der Waals surface area contributed by atoms with Gasteiger partial charge in [0.15, 0.2) is 9.84 Å². The molecule has 0 radical (unpaired) electrons.